The largest absolute Gasteiger partial charge is 0.363 e. The van der Waals surface area contributed by atoms with E-state index in [0.717, 1.165) is 12.8 Å². The molecule has 1 unspecified atom stereocenters. The van der Waals surface area contributed by atoms with E-state index < -0.39 is 73.7 Å². The van der Waals surface area contributed by atoms with Gasteiger partial charge in [-0.25, -0.2) is 13.2 Å². The molecule has 3 fully saturated rings. The van der Waals surface area contributed by atoms with Crippen molar-refractivity contribution in [2.24, 2.45) is 40.2 Å². The highest BCUT2D eigenvalue weighted by Crippen LogP contribution is 2.65. The molecule has 0 bridgehead atoms. The summed E-state index contributed by atoms with van der Waals surface area (Å²) in [5.74, 6) is -3.25. The Hall–Kier alpha value is -2.70. The van der Waals surface area contributed by atoms with Gasteiger partial charge in [0.1, 0.15) is 12.1 Å². The highest BCUT2D eigenvalue weighted by molar-refractivity contribution is 7.92. The lowest BCUT2D eigenvalue weighted by atomic mass is 9.85. The molecule has 1 heterocycles. The molecule has 3 rings (SSSR count). The first kappa shape index (κ1) is 35.8. The number of rotatable bonds is 12. The number of fused-ring (bicyclic) bond motifs is 1. The van der Waals surface area contributed by atoms with Crippen LogP contribution in [0.25, 0.3) is 0 Å². The Labute approximate surface area is 262 Å². The van der Waals surface area contributed by atoms with Crippen molar-refractivity contribution in [1.29, 1.82) is 0 Å². The Bertz CT molecular complexity index is 1280. The molecular formula is C31H53N5O7S. The van der Waals surface area contributed by atoms with Gasteiger partial charge in [-0.2, -0.15) is 0 Å². The fourth-order valence-electron chi connectivity index (χ4n) is 6.20. The number of nitrogens with two attached hydrogens (primary N) is 1. The van der Waals surface area contributed by atoms with Gasteiger partial charge in [0.15, 0.2) is 9.84 Å². The Morgan fingerprint density at radius 3 is 1.98 bits per heavy atom. The standard InChI is InChI=1S/C31H53N5O7S/c1-16(2)20(15-44(42,43)30(6,7)8)34-28(41)35-24(29(3,4)5)27(40)36-14-18-21(31(18,9)10)22(36)26(39)33-19(13-17-11-12-17)23(37)25(32)38/h16-22,24H,11-15H2,1-10H3,(H2,32,38)(H,33,39)(H2,34,35,41)/t18-,19?,20+,21-,22-,24+/m0/s1. The number of hydrogen-bond donors (Lipinski definition) is 4. The molecular weight excluding hydrogens is 586 g/mol. The third-order valence-electron chi connectivity index (χ3n) is 9.74. The predicted octanol–water partition coefficient (Wildman–Crippen LogP) is 1.76. The highest BCUT2D eigenvalue weighted by Gasteiger charge is 2.70. The monoisotopic (exact) mass is 639 g/mol. The number of nitrogens with one attached hydrogen (secondary N) is 3. The van der Waals surface area contributed by atoms with Crippen molar-refractivity contribution in [2.45, 2.75) is 117 Å². The highest BCUT2D eigenvalue weighted by atomic mass is 32.2. The molecule has 250 valence electrons. The van der Waals surface area contributed by atoms with Gasteiger partial charge >= 0.3 is 6.03 Å². The quantitative estimate of drug-likeness (QED) is 0.234. The normalized spacial score (nSPS) is 25.0. The lowest BCUT2D eigenvalue weighted by Gasteiger charge is -2.38. The molecule has 1 aliphatic heterocycles. The lowest BCUT2D eigenvalue weighted by molar-refractivity contribution is -0.145. The average Bonchev–Trinajstić information content (AvgIpc) is 3.71. The van der Waals surface area contributed by atoms with Crippen LogP contribution in [0.15, 0.2) is 0 Å². The molecule has 6 atom stereocenters. The second-order valence-electron chi connectivity index (χ2n) is 16.0. The average molecular weight is 640 g/mol. The zero-order valence-corrected chi connectivity index (χ0v) is 28.8. The van der Waals surface area contributed by atoms with Gasteiger partial charge in [-0.15, -0.1) is 0 Å². The summed E-state index contributed by atoms with van der Waals surface area (Å²) < 4.78 is 24.8. The summed E-state index contributed by atoms with van der Waals surface area (Å²) in [7, 11) is -3.54. The molecule has 0 aromatic heterocycles. The van der Waals surface area contributed by atoms with Crippen LogP contribution in [-0.2, 0) is 29.0 Å². The molecule has 0 radical (unpaired) electrons. The van der Waals surface area contributed by atoms with Gasteiger partial charge in [-0.05, 0) is 61.7 Å². The number of piperidine rings is 1. The zero-order valence-electron chi connectivity index (χ0n) is 27.9. The van der Waals surface area contributed by atoms with E-state index in [0.29, 0.717) is 13.0 Å². The molecule has 0 spiro atoms. The Balaban J connectivity index is 1.82. The van der Waals surface area contributed by atoms with Crippen LogP contribution in [0.1, 0.15) is 88.5 Å². The van der Waals surface area contributed by atoms with Gasteiger partial charge in [0.05, 0.1) is 16.5 Å². The van der Waals surface area contributed by atoms with Crippen molar-refractivity contribution in [3.63, 3.8) is 0 Å². The first-order valence-corrected chi connectivity index (χ1v) is 17.3. The number of nitrogens with zero attached hydrogens (tertiary/aromatic N) is 1. The fraction of sp³-hybridized carbons (Fsp3) is 0.839. The SMILES string of the molecule is CC(C)[C@@H](CS(=O)(=O)C(C)(C)C)NC(=O)N[C@H](C(=O)N1C[C@H]2[C@@H]([C@H]1C(=O)NC(CC1CC1)C(=O)C(N)=O)C2(C)C)C(C)(C)C. The van der Waals surface area contributed by atoms with E-state index in [1.807, 2.05) is 27.7 Å². The van der Waals surface area contributed by atoms with Crippen molar-refractivity contribution in [3.05, 3.63) is 0 Å². The number of hydrogen-bond acceptors (Lipinski definition) is 7. The summed E-state index contributed by atoms with van der Waals surface area (Å²) in [6.07, 6.45) is 2.13. The predicted molar refractivity (Wildman–Crippen MR) is 167 cm³/mol. The van der Waals surface area contributed by atoms with E-state index >= 15 is 0 Å². The number of ketones is 1. The van der Waals surface area contributed by atoms with Crippen LogP contribution in [-0.4, -0.2) is 84.1 Å². The van der Waals surface area contributed by atoms with Gasteiger partial charge < -0.3 is 26.6 Å². The molecule has 5 amide bonds. The van der Waals surface area contributed by atoms with Crippen LogP contribution in [0.3, 0.4) is 0 Å². The van der Waals surface area contributed by atoms with Crippen molar-refractivity contribution >= 4 is 39.4 Å². The van der Waals surface area contributed by atoms with Crippen LogP contribution >= 0.6 is 0 Å². The second kappa shape index (κ2) is 12.2. The minimum Gasteiger partial charge on any atom is -0.363 e. The topological polar surface area (TPSA) is 185 Å². The molecule has 1 saturated heterocycles. The second-order valence-corrected chi connectivity index (χ2v) is 18.8. The van der Waals surface area contributed by atoms with Crippen molar-refractivity contribution < 1.29 is 32.4 Å². The number of likely N-dealkylation sites (tertiary alicyclic amines) is 1. The molecule has 0 aromatic rings. The maximum Gasteiger partial charge on any atom is 0.315 e. The number of Topliss-reactive ketones (excluding diaryl/α,β-unsaturated/α-hetero) is 1. The molecule has 2 saturated carbocycles. The summed E-state index contributed by atoms with van der Waals surface area (Å²) >= 11 is 0. The van der Waals surface area contributed by atoms with Crippen molar-refractivity contribution in [1.82, 2.24) is 20.9 Å². The van der Waals surface area contributed by atoms with E-state index in [2.05, 4.69) is 16.0 Å². The number of sulfone groups is 1. The summed E-state index contributed by atoms with van der Waals surface area (Å²) in [5, 5.41) is 8.29. The zero-order chi connectivity index (χ0) is 33.7. The molecule has 3 aliphatic rings. The maximum absolute atomic E-state index is 14.2. The minimum atomic E-state index is -3.54. The summed E-state index contributed by atoms with van der Waals surface area (Å²) in [6.45, 7) is 18.2. The number of carbonyl (C=O) groups is 5. The maximum atomic E-state index is 14.2. The van der Waals surface area contributed by atoms with E-state index in [4.69, 9.17) is 5.73 Å². The van der Waals surface area contributed by atoms with Crippen molar-refractivity contribution in [3.8, 4) is 0 Å². The third-order valence-corrected chi connectivity index (χ3v) is 12.4. The summed E-state index contributed by atoms with van der Waals surface area (Å²) in [4.78, 5) is 67.0. The Morgan fingerprint density at radius 1 is 0.955 bits per heavy atom. The molecule has 12 nitrogen and oxygen atoms in total. The molecule has 0 aromatic carbocycles. The molecule has 2 aliphatic carbocycles. The van der Waals surface area contributed by atoms with Crippen LogP contribution in [0, 0.1) is 34.5 Å². The van der Waals surface area contributed by atoms with E-state index in [-0.39, 0.29) is 34.8 Å². The fourth-order valence-corrected chi connectivity index (χ4v) is 7.64. The molecule has 13 heteroatoms. The van der Waals surface area contributed by atoms with E-state index in [9.17, 15) is 32.4 Å². The van der Waals surface area contributed by atoms with Crippen molar-refractivity contribution in [2.75, 3.05) is 12.3 Å². The third kappa shape index (κ3) is 7.74. The number of urea groups is 1. The molecule has 5 N–H and O–H groups in total. The van der Waals surface area contributed by atoms with Crippen LogP contribution in [0.2, 0.25) is 0 Å². The number of amides is 5. The van der Waals surface area contributed by atoms with E-state index in [1.165, 1.54) is 4.90 Å². The lowest BCUT2D eigenvalue weighted by Crippen LogP contribution is -2.62. The van der Waals surface area contributed by atoms with Gasteiger partial charge in [-0.3, -0.25) is 19.2 Å². The smallest absolute Gasteiger partial charge is 0.315 e. The Kier molecular flexibility index (Phi) is 9.96. The van der Waals surface area contributed by atoms with Gasteiger partial charge in [0.2, 0.25) is 17.6 Å². The molecule has 44 heavy (non-hydrogen) atoms. The van der Waals surface area contributed by atoms with Crippen LogP contribution in [0.4, 0.5) is 4.79 Å². The van der Waals surface area contributed by atoms with Crippen LogP contribution in [0.5, 0.6) is 0 Å². The number of primary amides is 1. The van der Waals surface area contributed by atoms with E-state index in [1.54, 1.807) is 41.5 Å². The first-order valence-electron chi connectivity index (χ1n) is 15.6. The Morgan fingerprint density at radius 2 is 1.52 bits per heavy atom. The van der Waals surface area contributed by atoms with Crippen LogP contribution < -0.4 is 21.7 Å². The number of carbonyl (C=O) groups excluding carboxylic acids is 5. The van der Waals surface area contributed by atoms with Gasteiger partial charge in [-0.1, -0.05) is 61.3 Å². The van der Waals surface area contributed by atoms with Gasteiger partial charge in [0.25, 0.3) is 5.91 Å². The van der Waals surface area contributed by atoms with Gasteiger partial charge in [0, 0.05) is 12.6 Å². The minimum absolute atomic E-state index is 0.0540. The summed E-state index contributed by atoms with van der Waals surface area (Å²) in [6, 6.07) is -4.35. The first-order chi connectivity index (χ1) is 19.9. The summed E-state index contributed by atoms with van der Waals surface area (Å²) in [5.41, 5.74) is 4.30.